The van der Waals surface area contributed by atoms with E-state index >= 15 is 0 Å². The minimum absolute atomic E-state index is 0.00814. The van der Waals surface area contributed by atoms with Crippen molar-refractivity contribution in [2.24, 2.45) is 0 Å². The van der Waals surface area contributed by atoms with Crippen LogP contribution in [0.2, 0.25) is 5.02 Å². The van der Waals surface area contributed by atoms with Crippen LogP contribution in [-0.4, -0.2) is 15.7 Å². The third-order valence-electron chi connectivity index (χ3n) is 2.58. The van der Waals surface area contributed by atoms with Crippen molar-refractivity contribution in [3.8, 4) is 0 Å². The Morgan fingerprint density at radius 3 is 2.30 bits per heavy atom. The Hall–Kier alpha value is -1.59. The lowest BCUT2D eigenvalue weighted by Crippen LogP contribution is -2.11. The van der Waals surface area contributed by atoms with E-state index in [1.54, 1.807) is 24.3 Å². The SMILES string of the molecule is O=C(CS(=O)c1ccc(Cl)cc1)c1ccc(F)c(F)c1. The zero-order valence-corrected chi connectivity index (χ0v) is 11.7. The van der Waals surface area contributed by atoms with Crippen LogP contribution in [-0.2, 0) is 10.8 Å². The van der Waals surface area contributed by atoms with Gasteiger partial charge >= 0.3 is 0 Å². The molecule has 0 bridgehead atoms. The van der Waals surface area contributed by atoms with Crippen molar-refractivity contribution in [3.63, 3.8) is 0 Å². The van der Waals surface area contributed by atoms with Crippen LogP contribution >= 0.6 is 11.6 Å². The summed E-state index contributed by atoms with van der Waals surface area (Å²) in [4.78, 5) is 12.3. The number of halogens is 3. The molecule has 1 atom stereocenters. The molecule has 104 valence electrons. The van der Waals surface area contributed by atoms with Crippen LogP contribution in [0.3, 0.4) is 0 Å². The minimum atomic E-state index is -1.56. The number of hydrogen-bond acceptors (Lipinski definition) is 2. The van der Waals surface area contributed by atoms with Crippen LogP contribution in [0, 0.1) is 11.6 Å². The summed E-state index contributed by atoms with van der Waals surface area (Å²) >= 11 is 5.71. The Bertz CT molecular complexity index is 671. The lowest BCUT2D eigenvalue weighted by molar-refractivity contribution is 0.102. The molecule has 0 aliphatic rings. The third-order valence-corrected chi connectivity index (χ3v) is 4.15. The molecular formula is C14H9ClF2O2S. The Morgan fingerprint density at radius 1 is 1.05 bits per heavy atom. The van der Waals surface area contributed by atoms with Crippen molar-refractivity contribution < 1.29 is 17.8 Å². The van der Waals surface area contributed by atoms with Gasteiger partial charge in [-0.05, 0) is 42.5 Å². The quantitative estimate of drug-likeness (QED) is 0.808. The molecule has 2 rings (SSSR count). The van der Waals surface area contributed by atoms with Crippen LogP contribution in [0.25, 0.3) is 0 Å². The molecule has 2 nitrogen and oxygen atoms in total. The number of carbonyl (C=O) groups excluding carboxylic acids is 1. The van der Waals surface area contributed by atoms with Crippen LogP contribution < -0.4 is 0 Å². The van der Waals surface area contributed by atoms with Crippen molar-refractivity contribution in [1.82, 2.24) is 0 Å². The van der Waals surface area contributed by atoms with Crippen LogP contribution in [0.1, 0.15) is 10.4 Å². The molecule has 0 spiro atoms. The van der Waals surface area contributed by atoms with E-state index in [4.69, 9.17) is 11.6 Å². The first-order chi connectivity index (χ1) is 9.47. The van der Waals surface area contributed by atoms with Gasteiger partial charge in [-0.2, -0.15) is 0 Å². The number of Topliss-reactive ketones (excluding diaryl/α,β-unsaturated/α-hetero) is 1. The maximum Gasteiger partial charge on any atom is 0.175 e. The van der Waals surface area contributed by atoms with E-state index in [9.17, 15) is 17.8 Å². The second-order valence-corrected chi connectivity index (χ2v) is 5.88. The molecule has 6 heteroatoms. The highest BCUT2D eigenvalue weighted by atomic mass is 35.5. The predicted octanol–water partition coefficient (Wildman–Crippen LogP) is 3.61. The van der Waals surface area contributed by atoms with Crippen molar-refractivity contribution in [2.45, 2.75) is 4.90 Å². The smallest absolute Gasteiger partial charge is 0.175 e. The first-order valence-corrected chi connectivity index (χ1v) is 7.29. The lowest BCUT2D eigenvalue weighted by atomic mass is 10.1. The molecule has 0 N–H and O–H groups in total. The van der Waals surface area contributed by atoms with Gasteiger partial charge in [0.05, 0.1) is 16.6 Å². The number of rotatable bonds is 4. The van der Waals surface area contributed by atoms with Crippen molar-refractivity contribution in [2.75, 3.05) is 5.75 Å². The Kier molecular flexibility index (Phi) is 4.62. The predicted molar refractivity (Wildman–Crippen MR) is 73.4 cm³/mol. The van der Waals surface area contributed by atoms with Crippen LogP contribution in [0.4, 0.5) is 8.78 Å². The highest BCUT2D eigenvalue weighted by molar-refractivity contribution is 7.85. The van der Waals surface area contributed by atoms with Gasteiger partial charge in [0.2, 0.25) is 0 Å². The molecule has 2 aromatic carbocycles. The summed E-state index contributed by atoms with van der Waals surface area (Å²) in [5, 5.41) is 0.498. The molecule has 0 amide bonds. The number of carbonyl (C=O) groups is 1. The molecule has 0 radical (unpaired) electrons. The minimum Gasteiger partial charge on any atom is -0.293 e. The van der Waals surface area contributed by atoms with Gasteiger partial charge in [0, 0.05) is 15.5 Å². The Labute approximate surface area is 121 Å². The van der Waals surface area contributed by atoms with Crippen molar-refractivity contribution in [1.29, 1.82) is 0 Å². The van der Waals surface area contributed by atoms with E-state index in [0.717, 1.165) is 12.1 Å². The first kappa shape index (κ1) is 14.8. The lowest BCUT2D eigenvalue weighted by Gasteiger charge is -2.03. The molecular weight excluding hydrogens is 306 g/mol. The fourth-order valence-electron chi connectivity index (χ4n) is 1.54. The Morgan fingerprint density at radius 2 is 1.70 bits per heavy atom. The molecule has 20 heavy (non-hydrogen) atoms. The zero-order chi connectivity index (χ0) is 14.7. The van der Waals surface area contributed by atoms with Gasteiger partial charge in [-0.3, -0.25) is 9.00 Å². The molecule has 0 saturated heterocycles. The second-order valence-electron chi connectivity index (χ2n) is 4.00. The van der Waals surface area contributed by atoms with Gasteiger partial charge in [-0.15, -0.1) is 0 Å². The van der Waals surface area contributed by atoms with Gasteiger partial charge in [-0.1, -0.05) is 11.6 Å². The molecule has 2 aromatic rings. The first-order valence-electron chi connectivity index (χ1n) is 5.59. The topological polar surface area (TPSA) is 34.1 Å². The highest BCUT2D eigenvalue weighted by Gasteiger charge is 2.14. The fourth-order valence-corrected chi connectivity index (χ4v) is 2.68. The number of hydrogen-bond donors (Lipinski definition) is 0. The van der Waals surface area contributed by atoms with Gasteiger partial charge in [0.1, 0.15) is 0 Å². The normalized spacial score (nSPS) is 12.2. The molecule has 0 saturated carbocycles. The zero-order valence-electron chi connectivity index (χ0n) is 10.1. The monoisotopic (exact) mass is 314 g/mol. The fraction of sp³-hybridized carbons (Fsp3) is 0.0714. The third kappa shape index (κ3) is 3.49. The molecule has 0 fully saturated rings. The second kappa shape index (κ2) is 6.24. The van der Waals surface area contributed by atoms with E-state index < -0.39 is 28.2 Å². The van der Waals surface area contributed by atoms with E-state index in [1.165, 1.54) is 6.07 Å². The van der Waals surface area contributed by atoms with Crippen molar-refractivity contribution in [3.05, 3.63) is 64.7 Å². The maximum absolute atomic E-state index is 13.0. The van der Waals surface area contributed by atoms with Crippen LogP contribution in [0.15, 0.2) is 47.4 Å². The summed E-state index contributed by atoms with van der Waals surface area (Å²) in [6.45, 7) is 0. The summed E-state index contributed by atoms with van der Waals surface area (Å²) in [6, 6.07) is 9.08. The van der Waals surface area contributed by atoms with Gasteiger partial charge < -0.3 is 0 Å². The van der Waals surface area contributed by atoms with Gasteiger partial charge in [-0.25, -0.2) is 8.78 Å². The largest absolute Gasteiger partial charge is 0.293 e. The van der Waals surface area contributed by atoms with E-state index in [0.29, 0.717) is 9.92 Å². The average Bonchev–Trinajstić information content (AvgIpc) is 2.42. The molecule has 0 aliphatic carbocycles. The summed E-state index contributed by atoms with van der Waals surface area (Å²) < 4.78 is 37.8. The summed E-state index contributed by atoms with van der Waals surface area (Å²) in [5.74, 6) is -2.95. The van der Waals surface area contributed by atoms with E-state index in [1.807, 2.05) is 0 Å². The van der Waals surface area contributed by atoms with E-state index in [-0.39, 0.29) is 11.3 Å². The summed E-state index contributed by atoms with van der Waals surface area (Å²) in [6.07, 6.45) is 0. The molecule has 0 aliphatic heterocycles. The molecule has 1 unspecified atom stereocenters. The van der Waals surface area contributed by atoms with Gasteiger partial charge in [0.25, 0.3) is 0 Å². The maximum atomic E-state index is 13.0. The molecule has 0 heterocycles. The standard InChI is InChI=1S/C14H9ClF2O2S/c15-10-2-4-11(5-3-10)20(19)8-14(18)9-1-6-12(16)13(17)7-9/h1-7H,8H2. The number of ketones is 1. The van der Waals surface area contributed by atoms with Crippen LogP contribution in [0.5, 0.6) is 0 Å². The number of benzene rings is 2. The van der Waals surface area contributed by atoms with E-state index in [2.05, 4.69) is 0 Å². The highest BCUT2D eigenvalue weighted by Crippen LogP contribution is 2.15. The Balaban J connectivity index is 2.13. The van der Waals surface area contributed by atoms with Crippen molar-refractivity contribution >= 4 is 28.2 Å². The van der Waals surface area contributed by atoms with Gasteiger partial charge in [0.15, 0.2) is 17.4 Å². The summed E-state index contributed by atoms with van der Waals surface area (Å²) in [5.41, 5.74) is -0.00814. The average molecular weight is 315 g/mol. The molecule has 0 aromatic heterocycles. The summed E-state index contributed by atoms with van der Waals surface area (Å²) in [7, 11) is -1.56.